The molecule has 29 heavy (non-hydrogen) atoms. The molecule has 158 valence electrons. The Kier molecular flexibility index (Phi) is 9.92. The van der Waals surface area contributed by atoms with E-state index >= 15 is 0 Å². The van der Waals surface area contributed by atoms with Crippen molar-refractivity contribution in [3.8, 4) is 0 Å². The Labute approximate surface area is 179 Å². The lowest BCUT2D eigenvalue weighted by atomic mass is 10.1. The van der Waals surface area contributed by atoms with E-state index in [0.717, 1.165) is 36.1 Å². The van der Waals surface area contributed by atoms with Gasteiger partial charge in [-0.25, -0.2) is 0 Å². The third kappa shape index (κ3) is 7.65. The molecule has 2 rings (SSSR count). The second kappa shape index (κ2) is 12.4. The van der Waals surface area contributed by atoms with Crippen molar-refractivity contribution >= 4 is 23.2 Å². The van der Waals surface area contributed by atoms with Gasteiger partial charge in [0.15, 0.2) is 0 Å². The van der Waals surface area contributed by atoms with Crippen molar-refractivity contribution in [3.63, 3.8) is 0 Å². The topological polar surface area (TPSA) is 40.6 Å². The van der Waals surface area contributed by atoms with Gasteiger partial charge in [-0.3, -0.25) is 9.59 Å². The van der Waals surface area contributed by atoms with Gasteiger partial charge in [-0.1, -0.05) is 63.1 Å². The zero-order valence-electron chi connectivity index (χ0n) is 18.0. The maximum Gasteiger partial charge on any atom is 0.242 e. The number of unbranched alkanes of at least 4 members (excludes halogenated alkanes) is 2. The van der Waals surface area contributed by atoms with Crippen LogP contribution in [-0.4, -0.2) is 34.2 Å². The molecule has 0 spiro atoms. The van der Waals surface area contributed by atoms with Gasteiger partial charge in [0.05, 0.1) is 6.54 Å². The predicted octanol–water partition coefficient (Wildman–Crippen LogP) is 5.48. The van der Waals surface area contributed by atoms with Crippen LogP contribution in [0, 0.1) is 0 Å². The van der Waals surface area contributed by atoms with Crippen molar-refractivity contribution in [1.29, 1.82) is 0 Å². The van der Waals surface area contributed by atoms with Crippen LogP contribution in [0.1, 0.15) is 63.3 Å². The summed E-state index contributed by atoms with van der Waals surface area (Å²) < 4.78 is 0. The monoisotopic (exact) mass is 414 g/mol. The maximum absolute atomic E-state index is 13.3. The third-order valence-corrected chi connectivity index (χ3v) is 6.10. The second-order valence-electron chi connectivity index (χ2n) is 7.55. The molecule has 4 nitrogen and oxygen atoms in total. The van der Waals surface area contributed by atoms with Crippen LogP contribution >= 0.6 is 11.3 Å². The summed E-state index contributed by atoms with van der Waals surface area (Å²) in [5.74, 6) is 0.100. The SMILES string of the molecule is CCCCCC(=O)N(CC(=O)N(Cc1ccccc1)Cc1cccs1)[C@@H](C)CC. The highest BCUT2D eigenvalue weighted by Crippen LogP contribution is 2.17. The molecule has 0 saturated heterocycles. The quantitative estimate of drug-likeness (QED) is 0.431. The van der Waals surface area contributed by atoms with E-state index in [1.54, 1.807) is 16.2 Å². The number of amides is 2. The average molecular weight is 415 g/mol. The first-order valence-electron chi connectivity index (χ1n) is 10.7. The molecule has 0 N–H and O–H groups in total. The number of rotatable bonds is 12. The highest BCUT2D eigenvalue weighted by molar-refractivity contribution is 7.09. The van der Waals surface area contributed by atoms with Crippen molar-refractivity contribution in [2.45, 2.75) is 72.0 Å². The largest absolute Gasteiger partial charge is 0.332 e. The molecule has 0 aliphatic rings. The Morgan fingerprint density at radius 2 is 1.72 bits per heavy atom. The van der Waals surface area contributed by atoms with Crippen molar-refractivity contribution in [1.82, 2.24) is 9.80 Å². The minimum Gasteiger partial charge on any atom is -0.332 e. The molecule has 0 aliphatic heterocycles. The van der Waals surface area contributed by atoms with Crippen LogP contribution in [0.25, 0.3) is 0 Å². The summed E-state index contributed by atoms with van der Waals surface area (Å²) in [6.45, 7) is 7.50. The molecule has 5 heteroatoms. The summed E-state index contributed by atoms with van der Waals surface area (Å²) in [4.78, 5) is 30.9. The van der Waals surface area contributed by atoms with Gasteiger partial charge in [-0.05, 0) is 36.8 Å². The van der Waals surface area contributed by atoms with E-state index in [4.69, 9.17) is 0 Å². The predicted molar refractivity (Wildman–Crippen MR) is 121 cm³/mol. The Bertz CT molecular complexity index is 731. The number of carbonyl (C=O) groups excluding carboxylic acids is 2. The fraction of sp³-hybridized carbons (Fsp3) is 0.500. The molecule has 1 aromatic heterocycles. The zero-order valence-corrected chi connectivity index (χ0v) is 18.8. The lowest BCUT2D eigenvalue weighted by Crippen LogP contribution is -2.46. The summed E-state index contributed by atoms with van der Waals surface area (Å²) in [6, 6.07) is 14.2. The van der Waals surface area contributed by atoms with E-state index in [-0.39, 0.29) is 24.4 Å². The fourth-order valence-electron chi connectivity index (χ4n) is 3.25. The van der Waals surface area contributed by atoms with Gasteiger partial charge >= 0.3 is 0 Å². The van der Waals surface area contributed by atoms with E-state index in [2.05, 4.69) is 19.9 Å². The molecule has 0 radical (unpaired) electrons. The van der Waals surface area contributed by atoms with Crippen LogP contribution in [0.3, 0.4) is 0 Å². The molecule has 1 atom stereocenters. The molecule has 0 saturated carbocycles. The molecule has 0 bridgehead atoms. The number of thiophene rings is 1. The molecule has 1 heterocycles. The summed E-state index contributed by atoms with van der Waals surface area (Å²) in [5, 5.41) is 2.03. The van der Waals surface area contributed by atoms with Crippen LogP contribution in [0.4, 0.5) is 0 Å². The molecule has 1 aromatic carbocycles. The molecule has 0 fully saturated rings. The highest BCUT2D eigenvalue weighted by atomic mass is 32.1. The summed E-state index contributed by atoms with van der Waals surface area (Å²) in [5.41, 5.74) is 1.10. The smallest absolute Gasteiger partial charge is 0.242 e. The lowest BCUT2D eigenvalue weighted by Gasteiger charge is -2.31. The van der Waals surface area contributed by atoms with Crippen molar-refractivity contribution in [2.24, 2.45) is 0 Å². The van der Waals surface area contributed by atoms with Crippen LogP contribution in [0.2, 0.25) is 0 Å². The van der Waals surface area contributed by atoms with E-state index < -0.39 is 0 Å². The number of hydrogen-bond donors (Lipinski definition) is 0. The molecular weight excluding hydrogens is 380 g/mol. The maximum atomic E-state index is 13.3. The highest BCUT2D eigenvalue weighted by Gasteiger charge is 2.24. The van der Waals surface area contributed by atoms with Gasteiger partial charge in [0.25, 0.3) is 0 Å². The number of hydrogen-bond acceptors (Lipinski definition) is 3. The van der Waals surface area contributed by atoms with Gasteiger partial charge in [0.2, 0.25) is 11.8 Å². The van der Waals surface area contributed by atoms with Crippen molar-refractivity contribution in [2.75, 3.05) is 6.54 Å². The van der Waals surface area contributed by atoms with Crippen LogP contribution < -0.4 is 0 Å². The number of carbonyl (C=O) groups is 2. The van der Waals surface area contributed by atoms with E-state index in [9.17, 15) is 9.59 Å². The Balaban J connectivity index is 2.12. The normalized spacial score (nSPS) is 11.8. The van der Waals surface area contributed by atoms with E-state index in [1.807, 2.05) is 53.6 Å². The first-order chi connectivity index (χ1) is 14.0. The molecule has 0 aliphatic carbocycles. The molecule has 2 amide bonds. The summed E-state index contributed by atoms with van der Waals surface area (Å²) in [6.07, 6.45) is 4.39. The zero-order chi connectivity index (χ0) is 21.1. The van der Waals surface area contributed by atoms with Gasteiger partial charge in [0, 0.05) is 23.9 Å². The Morgan fingerprint density at radius 3 is 2.34 bits per heavy atom. The first kappa shape index (κ1) is 23.1. The third-order valence-electron chi connectivity index (χ3n) is 5.24. The second-order valence-corrected chi connectivity index (χ2v) is 8.58. The molecular formula is C24H34N2O2S. The molecule has 2 aromatic rings. The fourth-order valence-corrected chi connectivity index (χ4v) is 3.97. The number of benzene rings is 1. The number of nitrogens with zero attached hydrogens (tertiary/aromatic N) is 2. The average Bonchev–Trinajstić information content (AvgIpc) is 3.24. The van der Waals surface area contributed by atoms with Crippen molar-refractivity contribution < 1.29 is 9.59 Å². The standard InChI is InChI=1S/C24H34N2O2S/c1-4-6-8-15-23(27)26(20(3)5-2)19-24(28)25(18-22-14-11-16-29-22)17-21-12-9-7-10-13-21/h7,9-14,16,20H,4-6,8,15,17-19H2,1-3H3/t20-/m0/s1. The molecule has 0 unspecified atom stereocenters. The van der Waals surface area contributed by atoms with E-state index in [1.165, 1.54) is 0 Å². The minimum absolute atomic E-state index is 0.00592. The minimum atomic E-state index is 0.00592. The van der Waals surface area contributed by atoms with Crippen LogP contribution in [0.5, 0.6) is 0 Å². The Hall–Kier alpha value is -2.14. The van der Waals surface area contributed by atoms with Crippen molar-refractivity contribution in [3.05, 3.63) is 58.3 Å². The van der Waals surface area contributed by atoms with Crippen LogP contribution in [-0.2, 0) is 22.7 Å². The summed E-state index contributed by atoms with van der Waals surface area (Å²) in [7, 11) is 0. The van der Waals surface area contributed by atoms with E-state index in [0.29, 0.717) is 19.5 Å². The van der Waals surface area contributed by atoms with Gasteiger partial charge in [-0.15, -0.1) is 11.3 Å². The summed E-state index contributed by atoms with van der Waals surface area (Å²) >= 11 is 1.65. The van der Waals surface area contributed by atoms with Gasteiger partial charge in [-0.2, -0.15) is 0 Å². The first-order valence-corrected chi connectivity index (χ1v) is 11.6. The van der Waals surface area contributed by atoms with Gasteiger partial charge in [0.1, 0.15) is 6.54 Å². The lowest BCUT2D eigenvalue weighted by molar-refractivity contribution is -0.143. The Morgan fingerprint density at radius 1 is 0.966 bits per heavy atom. The van der Waals surface area contributed by atoms with Gasteiger partial charge < -0.3 is 9.80 Å². The van der Waals surface area contributed by atoms with Crippen LogP contribution in [0.15, 0.2) is 47.8 Å².